The number of furan rings is 1. The first kappa shape index (κ1) is 18.3. The van der Waals surface area contributed by atoms with Gasteiger partial charge in [0, 0.05) is 12.3 Å². The minimum Gasteiger partial charge on any atom is -0.497 e. The van der Waals surface area contributed by atoms with Gasteiger partial charge in [0.05, 0.1) is 19.1 Å². The van der Waals surface area contributed by atoms with Crippen molar-refractivity contribution in [3.05, 3.63) is 48.4 Å². The van der Waals surface area contributed by atoms with Crippen molar-refractivity contribution in [2.24, 2.45) is 0 Å². The minimum atomic E-state index is -0.492. The zero-order valence-corrected chi connectivity index (χ0v) is 14.8. The predicted octanol–water partition coefficient (Wildman–Crippen LogP) is 3.50. The molecule has 0 bridgehead atoms. The molecule has 0 aliphatic carbocycles. The monoisotopic (exact) mass is 349 g/mol. The van der Waals surface area contributed by atoms with Gasteiger partial charge in [0.2, 0.25) is 0 Å². The Morgan fingerprint density at radius 1 is 1.25 bits per heavy atom. The first-order chi connectivity index (χ1) is 11.7. The average Bonchev–Trinajstić information content (AvgIpc) is 3.13. The van der Waals surface area contributed by atoms with Crippen LogP contribution in [0, 0.1) is 0 Å². The number of carbonyl (C=O) groups excluding carboxylic acids is 1. The van der Waals surface area contributed by atoms with Crippen molar-refractivity contribution < 1.29 is 18.7 Å². The topological polar surface area (TPSA) is 60.7 Å². The van der Waals surface area contributed by atoms with Crippen LogP contribution in [0.1, 0.15) is 19.1 Å². The lowest BCUT2D eigenvalue weighted by molar-refractivity contribution is -0.127. The van der Waals surface area contributed by atoms with Gasteiger partial charge in [-0.1, -0.05) is 6.92 Å². The Balaban J connectivity index is 1.70. The van der Waals surface area contributed by atoms with Crippen LogP contribution in [0.15, 0.2) is 47.1 Å². The Bertz CT molecular complexity index is 598. The number of carbonyl (C=O) groups is 1. The zero-order valence-electron chi connectivity index (χ0n) is 14.0. The molecule has 0 saturated carbocycles. The molecule has 1 aromatic carbocycles. The van der Waals surface area contributed by atoms with Gasteiger partial charge < -0.3 is 19.2 Å². The molecule has 6 heteroatoms. The predicted molar refractivity (Wildman–Crippen MR) is 95.6 cm³/mol. The van der Waals surface area contributed by atoms with E-state index in [1.165, 1.54) is 0 Å². The number of benzene rings is 1. The molecule has 0 radical (unpaired) electrons. The standard InChI is InChI=1S/C18H23NO4S/c1-3-17(23-15-8-6-14(21-2)7-9-15)18(20)19-10-12-24-13-16-5-4-11-22-16/h4-9,11,17H,3,10,12-13H2,1-2H3,(H,19,20). The van der Waals surface area contributed by atoms with Gasteiger partial charge in [-0.25, -0.2) is 0 Å². The molecular weight excluding hydrogens is 326 g/mol. The quantitative estimate of drug-likeness (QED) is 0.665. The number of methoxy groups -OCH3 is 1. The van der Waals surface area contributed by atoms with E-state index in [1.807, 2.05) is 31.2 Å². The smallest absolute Gasteiger partial charge is 0.261 e. The third-order valence-corrected chi connectivity index (χ3v) is 4.35. The van der Waals surface area contributed by atoms with Gasteiger partial charge in [-0.05, 0) is 42.8 Å². The lowest BCUT2D eigenvalue weighted by Crippen LogP contribution is -2.39. The second-order valence-electron chi connectivity index (χ2n) is 5.11. The lowest BCUT2D eigenvalue weighted by Gasteiger charge is -2.17. The average molecular weight is 349 g/mol. The molecule has 1 atom stereocenters. The third kappa shape index (κ3) is 5.85. The molecule has 5 nitrogen and oxygen atoms in total. The van der Waals surface area contributed by atoms with Crippen molar-refractivity contribution in [3.63, 3.8) is 0 Å². The van der Waals surface area contributed by atoms with Crippen molar-refractivity contribution in [3.8, 4) is 11.5 Å². The van der Waals surface area contributed by atoms with Crippen LogP contribution in [0.4, 0.5) is 0 Å². The molecule has 2 aromatic rings. The van der Waals surface area contributed by atoms with Crippen molar-refractivity contribution in [2.45, 2.75) is 25.2 Å². The highest BCUT2D eigenvalue weighted by molar-refractivity contribution is 7.98. The first-order valence-corrected chi connectivity index (χ1v) is 9.07. The second kappa shape index (κ2) is 9.93. The largest absolute Gasteiger partial charge is 0.497 e. The first-order valence-electron chi connectivity index (χ1n) is 7.91. The molecule has 130 valence electrons. The summed E-state index contributed by atoms with van der Waals surface area (Å²) in [7, 11) is 1.61. The van der Waals surface area contributed by atoms with Gasteiger partial charge in [0.1, 0.15) is 17.3 Å². The van der Waals surface area contributed by atoms with Crippen LogP contribution in [0.2, 0.25) is 0 Å². The summed E-state index contributed by atoms with van der Waals surface area (Å²) in [4.78, 5) is 12.2. The SMILES string of the molecule is CCC(Oc1ccc(OC)cc1)C(=O)NCCSCc1ccco1. The van der Waals surface area contributed by atoms with Gasteiger partial charge >= 0.3 is 0 Å². The highest BCUT2D eigenvalue weighted by Crippen LogP contribution is 2.19. The van der Waals surface area contributed by atoms with Crippen LogP contribution in [-0.2, 0) is 10.5 Å². The summed E-state index contributed by atoms with van der Waals surface area (Å²) >= 11 is 1.72. The lowest BCUT2D eigenvalue weighted by atomic mass is 10.2. The van der Waals surface area contributed by atoms with Crippen LogP contribution in [0.3, 0.4) is 0 Å². The molecule has 1 aromatic heterocycles. The number of nitrogens with one attached hydrogen (secondary N) is 1. The van der Waals surface area contributed by atoms with E-state index in [9.17, 15) is 4.79 Å². The Kier molecular flexibility index (Phi) is 7.55. The molecule has 1 amide bonds. The number of thioether (sulfide) groups is 1. The Morgan fingerprint density at radius 2 is 2.00 bits per heavy atom. The fraction of sp³-hybridized carbons (Fsp3) is 0.389. The maximum atomic E-state index is 12.2. The van der Waals surface area contributed by atoms with Crippen LogP contribution in [-0.4, -0.2) is 31.4 Å². The van der Waals surface area contributed by atoms with Crippen LogP contribution in [0.25, 0.3) is 0 Å². The molecule has 0 fully saturated rings. The van der Waals surface area contributed by atoms with Crippen LogP contribution < -0.4 is 14.8 Å². The number of hydrogen-bond acceptors (Lipinski definition) is 5. The highest BCUT2D eigenvalue weighted by Gasteiger charge is 2.17. The summed E-state index contributed by atoms with van der Waals surface area (Å²) in [5, 5.41) is 2.92. The number of rotatable bonds is 10. The number of hydrogen-bond donors (Lipinski definition) is 1. The number of ether oxygens (including phenoxy) is 2. The maximum Gasteiger partial charge on any atom is 0.261 e. The maximum absolute atomic E-state index is 12.2. The molecule has 1 heterocycles. The second-order valence-corrected chi connectivity index (χ2v) is 6.22. The van der Waals surface area contributed by atoms with E-state index in [1.54, 1.807) is 37.3 Å². The summed E-state index contributed by atoms with van der Waals surface area (Å²) in [6.45, 7) is 2.53. The van der Waals surface area contributed by atoms with Crippen LogP contribution >= 0.6 is 11.8 Å². The Hall–Kier alpha value is -2.08. The Morgan fingerprint density at radius 3 is 2.62 bits per heavy atom. The molecule has 0 aliphatic heterocycles. The van der Waals surface area contributed by atoms with E-state index < -0.39 is 6.10 Å². The van der Waals surface area contributed by atoms with E-state index in [4.69, 9.17) is 13.9 Å². The molecular formula is C18H23NO4S. The number of amides is 1. The summed E-state index contributed by atoms with van der Waals surface area (Å²) in [6, 6.07) is 11.0. The molecule has 1 N–H and O–H groups in total. The normalized spacial score (nSPS) is 11.8. The van der Waals surface area contributed by atoms with E-state index in [-0.39, 0.29) is 5.91 Å². The minimum absolute atomic E-state index is 0.0908. The fourth-order valence-corrected chi connectivity index (χ4v) is 2.82. The van der Waals surface area contributed by atoms with Gasteiger partial charge in [0.15, 0.2) is 6.10 Å². The van der Waals surface area contributed by atoms with Crippen molar-refractivity contribution in [1.29, 1.82) is 0 Å². The van der Waals surface area contributed by atoms with Gasteiger partial charge in [-0.3, -0.25) is 4.79 Å². The summed E-state index contributed by atoms with van der Waals surface area (Å²) in [6.07, 6.45) is 1.78. The summed E-state index contributed by atoms with van der Waals surface area (Å²) in [5.41, 5.74) is 0. The van der Waals surface area contributed by atoms with E-state index in [2.05, 4.69) is 5.32 Å². The fourth-order valence-electron chi connectivity index (χ4n) is 2.07. The van der Waals surface area contributed by atoms with E-state index >= 15 is 0 Å². The van der Waals surface area contributed by atoms with E-state index in [0.29, 0.717) is 18.7 Å². The third-order valence-electron chi connectivity index (χ3n) is 3.37. The summed E-state index contributed by atoms with van der Waals surface area (Å²) < 4.78 is 16.1. The molecule has 24 heavy (non-hydrogen) atoms. The van der Waals surface area contributed by atoms with Crippen LogP contribution in [0.5, 0.6) is 11.5 Å². The highest BCUT2D eigenvalue weighted by atomic mass is 32.2. The molecule has 1 unspecified atom stereocenters. The van der Waals surface area contributed by atoms with Gasteiger partial charge in [-0.15, -0.1) is 0 Å². The van der Waals surface area contributed by atoms with Gasteiger partial charge in [0.25, 0.3) is 5.91 Å². The van der Waals surface area contributed by atoms with Crippen molar-refractivity contribution >= 4 is 17.7 Å². The molecule has 0 saturated heterocycles. The van der Waals surface area contributed by atoms with Crippen molar-refractivity contribution in [1.82, 2.24) is 5.32 Å². The molecule has 0 spiro atoms. The summed E-state index contributed by atoms with van der Waals surface area (Å²) in [5.74, 6) is 3.90. The van der Waals surface area contributed by atoms with E-state index in [0.717, 1.165) is 23.0 Å². The van der Waals surface area contributed by atoms with Crippen molar-refractivity contribution in [2.75, 3.05) is 19.4 Å². The molecule has 2 rings (SSSR count). The molecule has 0 aliphatic rings. The van der Waals surface area contributed by atoms with Gasteiger partial charge in [-0.2, -0.15) is 11.8 Å². The zero-order chi connectivity index (χ0) is 17.2. The Labute approximate surface area is 146 Å².